The second kappa shape index (κ2) is 45.9. The van der Waals surface area contributed by atoms with Gasteiger partial charge >= 0.3 is 0 Å². The maximum Gasteiger partial charge on any atom is 0.259 e. The van der Waals surface area contributed by atoms with Crippen molar-refractivity contribution in [1.82, 2.24) is 58.2 Å². The highest BCUT2D eigenvalue weighted by atomic mass is 16.5. The van der Waals surface area contributed by atoms with Crippen molar-refractivity contribution in [2.24, 2.45) is 22.7 Å². The largest absolute Gasteiger partial charge is 0.489 e. The third-order valence-corrected chi connectivity index (χ3v) is 30.5. The second-order valence-electron chi connectivity index (χ2n) is 40.7. The first-order chi connectivity index (χ1) is 70.5. The van der Waals surface area contributed by atoms with Gasteiger partial charge in [0, 0.05) is 172 Å². The molecule has 3 aliphatic carbocycles. The Kier molecular flexibility index (Phi) is 31.1. The molecule has 0 bridgehead atoms. The number of hydrogen-bond donors (Lipinski definition) is 6. The van der Waals surface area contributed by atoms with Crippen LogP contribution in [0.2, 0.25) is 0 Å². The van der Waals surface area contributed by atoms with Gasteiger partial charge in [-0.05, 0) is 265 Å². The summed E-state index contributed by atoms with van der Waals surface area (Å²) < 4.78 is 30.5. The first-order valence-corrected chi connectivity index (χ1v) is 52.0. The third kappa shape index (κ3) is 23.3. The summed E-state index contributed by atoms with van der Waals surface area (Å²) in [5.41, 5.74) is 41.9. The number of methoxy groups -OCH3 is 1. The number of anilines is 5. The number of aromatic nitrogens is 8. The lowest BCUT2D eigenvalue weighted by atomic mass is 9.77. The Morgan fingerprint density at radius 1 is 0.500 bits per heavy atom. The van der Waals surface area contributed by atoms with Crippen molar-refractivity contribution in [3.8, 4) is 50.6 Å². The lowest BCUT2D eigenvalue weighted by molar-refractivity contribution is -0.120. The van der Waals surface area contributed by atoms with Crippen LogP contribution in [0.5, 0.6) is 17.2 Å². The zero-order valence-corrected chi connectivity index (χ0v) is 83.4. The average Bonchev–Trinajstić information content (AvgIpc) is 1.60. The number of ketones is 1. The van der Waals surface area contributed by atoms with Crippen molar-refractivity contribution < 1.29 is 28.8 Å². The van der Waals surface area contributed by atoms with Crippen molar-refractivity contribution >= 4 is 78.8 Å². The summed E-state index contributed by atoms with van der Waals surface area (Å²) in [4.78, 5) is 64.1. The van der Waals surface area contributed by atoms with Crippen LogP contribution in [-0.4, -0.2) is 187 Å². The van der Waals surface area contributed by atoms with Gasteiger partial charge in [0.25, 0.3) is 5.56 Å². The summed E-state index contributed by atoms with van der Waals surface area (Å²) in [6.07, 6.45) is 29.9. The number of nitrogens with zero attached hydrogens (tertiary/aromatic N) is 13. The zero-order valence-electron chi connectivity index (χ0n) is 83.4. The van der Waals surface area contributed by atoms with Gasteiger partial charge in [-0.15, -0.1) is 0 Å². The molecule has 25 nitrogen and oxygen atoms in total. The molecule has 9 N–H and O–H groups in total. The maximum atomic E-state index is 13.0. The number of aliphatic imine (C=N–C) groups is 1. The summed E-state index contributed by atoms with van der Waals surface area (Å²) in [5.74, 6) is 5.58. The van der Waals surface area contributed by atoms with Crippen molar-refractivity contribution in [2.45, 2.75) is 154 Å². The Labute approximate surface area is 844 Å². The second-order valence-corrected chi connectivity index (χ2v) is 40.7. The minimum absolute atomic E-state index is 0.184. The Bertz CT molecular complexity index is 6980. The van der Waals surface area contributed by atoms with Crippen LogP contribution in [0.25, 0.3) is 66.5 Å². The summed E-state index contributed by atoms with van der Waals surface area (Å²) >= 11 is 0. The number of benzene rings is 8. The molecule has 5 aliphatic heterocycles. The van der Waals surface area contributed by atoms with Gasteiger partial charge in [0.1, 0.15) is 71.9 Å². The molecule has 0 spiro atoms. The predicted octanol–water partition coefficient (Wildman–Crippen LogP) is 21.1. The quantitative estimate of drug-likeness (QED) is 0.0223. The van der Waals surface area contributed by atoms with Crippen LogP contribution in [-0.2, 0) is 35.8 Å². The van der Waals surface area contributed by atoms with E-state index in [1.165, 1.54) is 109 Å². The van der Waals surface area contributed by atoms with Gasteiger partial charge in [0.15, 0.2) is 0 Å². The molecule has 144 heavy (non-hydrogen) atoms. The first kappa shape index (κ1) is 97.6. The van der Waals surface area contributed by atoms with E-state index in [0.717, 1.165) is 229 Å². The Hall–Kier alpha value is -13.8. The minimum Gasteiger partial charge on any atom is -0.489 e. The van der Waals surface area contributed by atoms with Crippen LogP contribution in [0.3, 0.4) is 0 Å². The molecule has 25 heteroatoms. The summed E-state index contributed by atoms with van der Waals surface area (Å²) in [6.45, 7) is 22.1. The van der Waals surface area contributed by atoms with E-state index in [1.54, 1.807) is 19.6 Å². The number of carbonyl (C=O) groups excluding carboxylic acids is 1. The number of aliphatic hydroxyl groups is 1. The van der Waals surface area contributed by atoms with Crippen molar-refractivity contribution in [2.75, 3.05) is 139 Å². The fraction of sp³-hybridized carbons (Fsp3) is 0.370. The number of nitrogens with two attached hydrogens (primary N) is 3. The number of H-pyrrole nitrogens is 1. The normalized spacial score (nSPS) is 19.1. The number of Topliss-reactive ketones (excluding diaryl/α,β-unsaturated/α-hetero) is 1. The van der Waals surface area contributed by atoms with Gasteiger partial charge in [0.2, 0.25) is 0 Å². The fourth-order valence-corrected chi connectivity index (χ4v) is 22.2. The number of hydrogen-bond acceptors (Lipinski definition) is 21. The molecule has 4 saturated heterocycles. The topological polar surface area (TPSA) is 292 Å². The smallest absolute Gasteiger partial charge is 0.259 e. The van der Waals surface area contributed by atoms with Gasteiger partial charge in [-0.25, -0.2) is 19.9 Å². The fourth-order valence-electron chi connectivity index (χ4n) is 22.2. The van der Waals surface area contributed by atoms with E-state index in [-0.39, 0.29) is 5.56 Å². The van der Waals surface area contributed by atoms with Gasteiger partial charge in [-0.1, -0.05) is 164 Å². The van der Waals surface area contributed by atoms with Crippen LogP contribution < -0.4 is 47.2 Å². The molecule has 7 aromatic heterocycles. The number of piperidine rings is 1. The number of nitrogens with one attached hydrogen (secondary N) is 2. The van der Waals surface area contributed by atoms with Gasteiger partial charge < -0.3 is 80.0 Å². The number of pyridine rings is 3. The molecule has 15 aromatic rings. The number of aryl methyl sites for hydroxylation is 2. The molecule has 23 rings (SSSR count). The molecule has 12 heterocycles. The van der Waals surface area contributed by atoms with Crippen LogP contribution in [0, 0.1) is 31.6 Å². The molecular weight excluding hydrogens is 1790 g/mol. The minimum atomic E-state index is -0.690. The van der Waals surface area contributed by atoms with Crippen LogP contribution >= 0.6 is 0 Å². The van der Waals surface area contributed by atoms with E-state index < -0.39 is 6.10 Å². The number of piperazine rings is 1. The number of ether oxygens (including phenoxy) is 4. The van der Waals surface area contributed by atoms with E-state index >= 15 is 0 Å². The van der Waals surface area contributed by atoms with Gasteiger partial charge in [-0.3, -0.25) is 24.4 Å². The summed E-state index contributed by atoms with van der Waals surface area (Å²) in [6, 6.07) is 74.7. The number of likely N-dealkylation sites (tertiary alicyclic amines) is 3. The van der Waals surface area contributed by atoms with Crippen LogP contribution in [0.15, 0.2) is 272 Å². The van der Waals surface area contributed by atoms with E-state index in [4.69, 9.17) is 51.1 Å². The van der Waals surface area contributed by atoms with Gasteiger partial charge in [-0.2, -0.15) is 0 Å². The highest BCUT2D eigenvalue weighted by Gasteiger charge is 2.38. The van der Waals surface area contributed by atoms with Crippen molar-refractivity contribution in [3.05, 3.63) is 317 Å². The predicted molar refractivity (Wildman–Crippen MR) is 579 cm³/mol. The van der Waals surface area contributed by atoms with E-state index in [1.807, 2.05) is 141 Å². The SMILES string of the molecule is COCCN1CCN(c2cc(C)c3c(c2)CC(c2c(NC[C@@H](O)c4cccc(C)c4)cc[nH]c2=O)=N3)CC1.Nc1ccnc2c1c(-c1cccc(OCc3ccccc3)c1)cn2C1CC(CN2CCC2)C1.Nc1ccnc2c1c(-c1cccc(OCc3ccccc3)c1)cn2C1CC(CN2CCCC2)C1.Nc1ncnc2c1c(-c1cccc(OCc3ccccc3)c1)cn2C1CC(CCC(=O)CN2CCCCC2)C1. The number of nitrogen functional groups attached to an aromatic ring is 3. The molecular formula is C119H136N18O7. The maximum absolute atomic E-state index is 13.0. The number of fused-ring (bicyclic) bond motifs is 4. The lowest BCUT2D eigenvalue weighted by Gasteiger charge is -2.42. The van der Waals surface area contributed by atoms with E-state index in [2.05, 4.69) is 181 Å². The summed E-state index contributed by atoms with van der Waals surface area (Å²) in [7, 11) is 1.75. The Morgan fingerprint density at radius 3 is 1.51 bits per heavy atom. The van der Waals surface area contributed by atoms with E-state index in [9.17, 15) is 14.7 Å². The van der Waals surface area contributed by atoms with Gasteiger partial charge in [0.05, 0.1) is 47.3 Å². The standard InChI is InChI=1S/C32H37N5O2.C30H37N5O3.C29H32N4O.C28H30N4O/c33-31-30-29(25-10-7-11-28(18-25)39-21-23-8-3-1-4-9-23)20-37(32(30)35-22-34-31)26-16-24(17-26)12-13-27(38)19-36-14-5-2-6-15-36;1-20-5-4-6-22(15-20)27(36)19-32-25-7-8-31-30(37)28(25)26-18-23-17-24(16-21(2)29(23)33-26)35-11-9-34(10-12-35)13-14-38-3;30-27-11-12-31-29-28(27)26(19-33(29)24-15-22(16-24)18-32-13-4-5-14-32)23-9-6-10-25(17-23)34-20-21-7-2-1-3-8-21;29-26-10-11-30-28-27(26)25(18-32(28)23-14-21(15-23)17-31-12-5-13-31)22-8-4-9-24(16-22)33-19-20-6-2-1-3-7-20/h1,3-4,7-11,18,20,22,24,26H,2,5-6,12-17,19,21H2,(H2,33,34,35);4-8,15-17,27,36H,9-14,18-19H2,1-3H3,(H2,31,32,37);1-3,6-12,17,19,22,24H,4-5,13-16,18,20H2,(H2,30,31);1-4,6-11,16,18,21,23H,5,12-15,17,19H2,(H2,29,30)/t;27-;;/m.1../s1. The molecule has 0 amide bonds. The molecule has 7 fully saturated rings. The Morgan fingerprint density at radius 2 is 0.993 bits per heavy atom. The van der Waals surface area contributed by atoms with Crippen LogP contribution in [0.1, 0.15) is 159 Å². The molecule has 1 atom stereocenters. The molecule has 0 unspecified atom stereocenters. The molecule has 8 aromatic carbocycles. The highest BCUT2D eigenvalue weighted by Crippen LogP contribution is 2.49. The molecule has 8 aliphatic rings. The highest BCUT2D eigenvalue weighted by molar-refractivity contribution is 6.10. The third-order valence-electron chi connectivity index (χ3n) is 30.5. The number of rotatable bonds is 33. The molecule has 0 radical (unpaired) electrons. The zero-order chi connectivity index (χ0) is 98.4. The molecule has 744 valence electrons. The monoisotopic (exact) mass is 1930 g/mol. The number of carbonyl (C=O) groups is 1. The Balaban J connectivity index is 0.000000117. The van der Waals surface area contributed by atoms with E-state index in [0.29, 0.717) is 92.6 Å². The lowest BCUT2D eigenvalue weighted by Crippen LogP contribution is -2.47. The summed E-state index contributed by atoms with van der Waals surface area (Å²) in [5, 5.41) is 17.0. The van der Waals surface area contributed by atoms with Crippen LogP contribution in [0.4, 0.5) is 34.3 Å². The van der Waals surface area contributed by atoms with Crippen molar-refractivity contribution in [3.63, 3.8) is 0 Å². The van der Waals surface area contributed by atoms with Crippen molar-refractivity contribution in [1.29, 1.82) is 0 Å². The number of aliphatic hydroxyl groups excluding tert-OH is 1. The first-order valence-electron chi connectivity index (χ1n) is 52.0. The number of aromatic amines is 1. The molecule has 3 saturated carbocycles. The average molecular weight is 1930 g/mol.